The number of nitrogens with zero attached hydrogens (tertiary/aromatic N) is 1. The van der Waals surface area contributed by atoms with E-state index >= 15 is 0 Å². The number of anilines is 1. The number of H-pyrrole nitrogens is 1. The lowest BCUT2D eigenvalue weighted by Gasteiger charge is -2.21. The van der Waals surface area contributed by atoms with Crippen molar-refractivity contribution in [1.29, 1.82) is 0 Å². The molecule has 0 unspecified atom stereocenters. The van der Waals surface area contributed by atoms with Crippen LogP contribution in [0, 0.1) is 0 Å². The molecular weight excluding hydrogens is 214 g/mol. The van der Waals surface area contributed by atoms with E-state index in [-0.39, 0.29) is 0 Å². The summed E-state index contributed by atoms with van der Waals surface area (Å²) in [5.74, 6) is 0. The zero-order valence-corrected chi connectivity index (χ0v) is 9.94. The van der Waals surface area contributed by atoms with E-state index in [1.165, 1.54) is 0 Å². The monoisotopic (exact) mass is 231 g/mol. The Balaban J connectivity index is 2.30. The number of nitrogens with one attached hydrogen (secondary N) is 2. The van der Waals surface area contributed by atoms with Gasteiger partial charge in [0.2, 0.25) is 0 Å². The van der Waals surface area contributed by atoms with Gasteiger partial charge < -0.3 is 20.0 Å². The minimum absolute atomic E-state index is 0.420. The topological polar surface area (TPSA) is 48.1 Å². The summed E-state index contributed by atoms with van der Waals surface area (Å²) >= 11 is 0. The van der Waals surface area contributed by atoms with Crippen molar-refractivity contribution in [2.75, 3.05) is 31.6 Å². The van der Waals surface area contributed by atoms with Crippen LogP contribution in [0.1, 0.15) is 0 Å². The Morgan fingerprint density at radius 2 is 2.24 bits per heavy atom. The standard InChI is InChI=1S/C13H17N3O/c1-14-6-7-16(8-9-17)13-10-15-12-5-3-2-4-11(12)13/h2-5,9-10,14-15H,6-8H2,1H3. The summed E-state index contributed by atoms with van der Waals surface area (Å²) in [5.41, 5.74) is 2.19. The number of aromatic amines is 1. The number of hydrogen-bond donors (Lipinski definition) is 2. The predicted octanol–water partition coefficient (Wildman–Crippen LogP) is 1.39. The van der Waals surface area contributed by atoms with Crippen LogP contribution in [0.15, 0.2) is 30.5 Å². The summed E-state index contributed by atoms with van der Waals surface area (Å²) in [4.78, 5) is 16.0. The third-order valence-corrected chi connectivity index (χ3v) is 2.83. The normalized spacial score (nSPS) is 10.6. The van der Waals surface area contributed by atoms with Crippen LogP contribution in [0.5, 0.6) is 0 Å². The molecule has 0 aliphatic rings. The largest absolute Gasteiger partial charge is 0.362 e. The Hall–Kier alpha value is -1.81. The minimum atomic E-state index is 0.420. The second-order valence-electron chi connectivity index (χ2n) is 3.94. The fourth-order valence-electron chi connectivity index (χ4n) is 1.96. The highest BCUT2D eigenvalue weighted by Crippen LogP contribution is 2.25. The first-order chi connectivity index (χ1) is 8.36. The molecule has 0 saturated heterocycles. The van der Waals surface area contributed by atoms with E-state index in [0.29, 0.717) is 6.54 Å². The maximum absolute atomic E-state index is 10.7. The van der Waals surface area contributed by atoms with Crippen LogP contribution in [0.4, 0.5) is 5.69 Å². The number of fused-ring (bicyclic) bond motifs is 1. The lowest BCUT2D eigenvalue weighted by molar-refractivity contribution is -0.106. The molecule has 0 aliphatic heterocycles. The molecule has 0 amide bonds. The van der Waals surface area contributed by atoms with Crippen LogP contribution in [0.25, 0.3) is 10.9 Å². The SMILES string of the molecule is CNCCN(CC=O)c1c[nH]c2ccccc12. The van der Waals surface area contributed by atoms with Crippen molar-refractivity contribution in [3.8, 4) is 0 Å². The first-order valence-electron chi connectivity index (χ1n) is 5.76. The predicted molar refractivity (Wildman–Crippen MR) is 70.5 cm³/mol. The van der Waals surface area contributed by atoms with Crippen molar-refractivity contribution in [3.05, 3.63) is 30.5 Å². The molecule has 0 aliphatic carbocycles. The average molecular weight is 231 g/mol. The van der Waals surface area contributed by atoms with Crippen molar-refractivity contribution >= 4 is 22.9 Å². The van der Waals surface area contributed by atoms with Crippen molar-refractivity contribution in [2.45, 2.75) is 0 Å². The van der Waals surface area contributed by atoms with Crippen molar-refractivity contribution in [3.63, 3.8) is 0 Å². The number of carbonyl (C=O) groups is 1. The highest BCUT2D eigenvalue weighted by Gasteiger charge is 2.10. The average Bonchev–Trinajstić information content (AvgIpc) is 2.78. The summed E-state index contributed by atoms with van der Waals surface area (Å²) in [6, 6.07) is 8.12. The van der Waals surface area contributed by atoms with Crippen LogP contribution < -0.4 is 10.2 Å². The lowest BCUT2D eigenvalue weighted by atomic mass is 10.2. The van der Waals surface area contributed by atoms with Crippen LogP contribution in [-0.2, 0) is 4.79 Å². The smallest absolute Gasteiger partial charge is 0.139 e. The second-order valence-corrected chi connectivity index (χ2v) is 3.94. The second kappa shape index (κ2) is 5.50. The van der Waals surface area contributed by atoms with Crippen LogP contribution in [0.3, 0.4) is 0 Å². The van der Waals surface area contributed by atoms with Gasteiger partial charge in [-0.2, -0.15) is 0 Å². The fourth-order valence-corrected chi connectivity index (χ4v) is 1.96. The van der Waals surface area contributed by atoms with E-state index in [2.05, 4.69) is 21.3 Å². The number of rotatable bonds is 6. The van der Waals surface area contributed by atoms with Crippen molar-refractivity contribution in [1.82, 2.24) is 10.3 Å². The van der Waals surface area contributed by atoms with Crippen LogP contribution in [-0.4, -0.2) is 38.0 Å². The highest BCUT2D eigenvalue weighted by atomic mass is 16.1. The van der Waals surface area contributed by atoms with Crippen molar-refractivity contribution in [2.24, 2.45) is 0 Å². The van der Waals surface area contributed by atoms with E-state index in [0.717, 1.165) is 36.0 Å². The molecule has 0 atom stereocenters. The Morgan fingerprint density at radius 1 is 1.41 bits per heavy atom. The number of benzene rings is 1. The first kappa shape index (κ1) is 11.7. The molecule has 2 aromatic rings. The molecule has 1 aromatic carbocycles. The summed E-state index contributed by atoms with van der Waals surface area (Å²) in [5, 5.41) is 4.26. The maximum atomic E-state index is 10.7. The Kier molecular flexibility index (Phi) is 3.77. The molecule has 17 heavy (non-hydrogen) atoms. The van der Waals surface area contributed by atoms with E-state index in [1.807, 2.05) is 31.4 Å². The summed E-state index contributed by atoms with van der Waals surface area (Å²) in [7, 11) is 1.91. The highest BCUT2D eigenvalue weighted by molar-refractivity contribution is 5.93. The van der Waals surface area contributed by atoms with Gasteiger partial charge in [-0.1, -0.05) is 18.2 Å². The van der Waals surface area contributed by atoms with E-state index in [4.69, 9.17) is 0 Å². The molecule has 0 bridgehead atoms. The zero-order valence-electron chi connectivity index (χ0n) is 9.94. The van der Waals surface area contributed by atoms with Crippen molar-refractivity contribution < 1.29 is 4.79 Å². The third kappa shape index (κ3) is 2.47. The Morgan fingerprint density at radius 3 is 3.00 bits per heavy atom. The molecule has 4 heteroatoms. The number of likely N-dealkylation sites (N-methyl/N-ethyl adjacent to an activating group) is 1. The number of aromatic nitrogens is 1. The summed E-state index contributed by atoms with van der Waals surface area (Å²) < 4.78 is 0. The first-order valence-corrected chi connectivity index (χ1v) is 5.76. The molecule has 0 radical (unpaired) electrons. The van der Waals surface area contributed by atoms with Gasteiger partial charge in [-0.05, 0) is 13.1 Å². The molecule has 1 heterocycles. The van der Waals surface area contributed by atoms with Gasteiger partial charge in [0.15, 0.2) is 0 Å². The van der Waals surface area contributed by atoms with E-state index in [1.54, 1.807) is 0 Å². The molecule has 1 aromatic heterocycles. The lowest BCUT2D eigenvalue weighted by Crippen LogP contribution is -2.32. The molecule has 2 rings (SSSR count). The van der Waals surface area contributed by atoms with Gasteiger partial charge in [-0.3, -0.25) is 0 Å². The number of carbonyl (C=O) groups excluding carboxylic acids is 1. The van der Waals surface area contributed by atoms with Gasteiger partial charge >= 0.3 is 0 Å². The molecule has 90 valence electrons. The molecule has 2 N–H and O–H groups in total. The van der Waals surface area contributed by atoms with Gasteiger partial charge in [0, 0.05) is 30.2 Å². The molecule has 0 spiro atoms. The third-order valence-electron chi connectivity index (χ3n) is 2.83. The summed E-state index contributed by atoms with van der Waals surface area (Å²) in [6.45, 7) is 2.09. The minimum Gasteiger partial charge on any atom is -0.362 e. The van der Waals surface area contributed by atoms with E-state index < -0.39 is 0 Å². The van der Waals surface area contributed by atoms with Gasteiger partial charge in [-0.25, -0.2) is 0 Å². The Labute approximate surface area is 101 Å². The van der Waals surface area contributed by atoms with Gasteiger partial charge in [-0.15, -0.1) is 0 Å². The molecule has 0 fully saturated rings. The fraction of sp³-hybridized carbons (Fsp3) is 0.308. The van der Waals surface area contributed by atoms with E-state index in [9.17, 15) is 4.79 Å². The molecule has 0 saturated carbocycles. The number of para-hydroxylation sites is 1. The number of aldehydes is 1. The summed E-state index contributed by atoms with van der Waals surface area (Å²) in [6.07, 6.45) is 2.90. The zero-order chi connectivity index (χ0) is 12.1. The maximum Gasteiger partial charge on any atom is 0.139 e. The van der Waals surface area contributed by atoms with Gasteiger partial charge in [0.25, 0.3) is 0 Å². The molecular formula is C13H17N3O. The van der Waals surface area contributed by atoms with Gasteiger partial charge in [0.1, 0.15) is 6.29 Å². The van der Waals surface area contributed by atoms with Crippen LogP contribution >= 0.6 is 0 Å². The quantitative estimate of drug-likeness (QED) is 0.739. The number of hydrogen-bond acceptors (Lipinski definition) is 3. The molecule has 4 nitrogen and oxygen atoms in total. The van der Waals surface area contributed by atoms with Gasteiger partial charge in [0.05, 0.1) is 12.2 Å². The Bertz CT molecular complexity index is 492. The van der Waals surface area contributed by atoms with Crippen LogP contribution in [0.2, 0.25) is 0 Å².